The Morgan fingerprint density at radius 3 is 2.17 bits per heavy atom. The molecule has 2 heteroatoms. The Labute approximate surface area is 112 Å². The van der Waals surface area contributed by atoms with E-state index in [1.807, 2.05) is 6.92 Å². The van der Waals surface area contributed by atoms with Gasteiger partial charge >= 0.3 is 0 Å². The fourth-order valence-electron chi connectivity index (χ4n) is 1.96. The standard InChI is InChI=1S/C16H26O2/c1-8-9-16(7,15(4,5)6)14(12(2)3)18-11-13-10-17-13/h13H,10-11H2,1-7H3. The summed E-state index contributed by atoms with van der Waals surface area (Å²) in [5, 5.41) is 0. The van der Waals surface area contributed by atoms with Gasteiger partial charge in [0.1, 0.15) is 18.5 Å². The molecule has 0 spiro atoms. The monoisotopic (exact) mass is 250 g/mol. The number of epoxide rings is 1. The molecule has 2 unspecified atom stereocenters. The Morgan fingerprint density at radius 1 is 1.28 bits per heavy atom. The first-order valence-corrected chi connectivity index (χ1v) is 6.58. The Kier molecular flexibility index (Phi) is 4.50. The van der Waals surface area contributed by atoms with Crippen molar-refractivity contribution in [1.82, 2.24) is 0 Å². The Bertz CT molecular complexity index is 382. The van der Waals surface area contributed by atoms with Crippen LogP contribution in [0.1, 0.15) is 48.5 Å². The lowest BCUT2D eigenvalue weighted by Gasteiger charge is -2.40. The van der Waals surface area contributed by atoms with Crippen LogP contribution in [0, 0.1) is 22.7 Å². The summed E-state index contributed by atoms with van der Waals surface area (Å²) in [6, 6.07) is 0. The van der Waals surface area contributed by atoms with Gasteiger partial charge in [-0.1, -0.05) is 26.7 Å². The maximum Gasteiger partial charge on any atom is 0.116 e. The largest absolute Gasteiger partial charge is 0.494 e. The molecule has 0 aromatic rings. The molecule has 18 heavy (non-hydrogen) atoms. The van der Waals surface area contributed by atoms with Gasteiger partial charge in [-0.05, 0) is 38.7 Å². The third-order valence-electron chi connectivity index (χ3n) is 3.60. The Hall–Kier alpha value is -0.940. The zero-order valence-electron chi connectivity index (χ0n) is 12.8. The van der Waals surface area contributed by atoms with Crippen molar-refractivity contribution in [3.05, 3.63) is 11.3 Å². The Balaban J connectivity index is 3.04. The summed E-state index contributed by atoms with van der Waals surface area (Å²) >= 11 is 0. The molecule has 1 saturated heterocycles. The van der Waals surface area contributed by atoms with Crippen LogP contribution in [0.2, 0.25) is 0 Å². The number of hydrogen-bond acceptors (Lipinski definition) is 2. The molecule has 0 radical (unpaired) electrons. The van der Waals surface area contributed by atoms with Crippen LogP contribution in [0.15, 0.2) is 11.3 Å². The van der Waals surface area contributed by atoms with Crippen LogP contribution in [0.25, 0.3) is 0 Å². The summed E-state index contributed by atoms with van der Waals surface area (Å²) in [6.45, 7) is 16.3. The molecule has 1 heterocycles. The molecule has 2 atom stereocenters. The average molecular weight is 250 g/mol. The average Bonchev–Trinajstić information content (AvgIpc) is 2.99. The highest BCUT2D eigenvalue weighted by Gasteiger charge is 2.42. The summed E-state index contributed by atoms with van der Waals surface area (Å²) in [6.07, 6.45) is 0.276. The molecule has 1 aliphatic rings. The van der Waals surface area contributed by atoms with Gasteiger partial charge in [0, 0.05) is 0 Å². The van der Waals surface area contributed by atoms with Crippen molar-refractivity contribution in [2.75, 3.05) is 13.2 Å². The maximum absolute atomic E-state index is 6.02. The zero-order valence-corrected chi connectivity index (χ0v) is 12.8. The highest BCUT2D eigenvalue weighted by molar-refractivity contribution is 5.29. The van der Waals surface area contributed by atoms with E-state index in [1.54, 1.807) is 0 Å². The van der Waals surface area contributed by atoms with Crippen LogP contribution < -0.4 is 0 Å². The first kappa shape index (κ1) is 15.1. The third-order valence-corrected chi connectivity index (χ3v) is 3.60. The summed E-state index contributed by atoms with van der Waals surface area (Å²) in [4.78, 5) is 0. The summed E-state index contributed by atoms with van der Waals surface area (Å²) in [7, 11) is 0. The van der Waals surface area contributed by atoms with E-state index >= 15 is 0 Å². The van der Waals surface area contributed by atoms with Gasteiger partial charge in [0.25, 0.3) is 0 Å². The first-order chi connectivity index (χ1) is 8.22. The molecule has 0 aromatic heterocycles. The fraction of sp³-hybridized carbons (Fsp3) is 0.750. The predicted molar refractivity (Wildman–Crippen MR) is 75.1 cm³/mol. The molecule has 1 fully saturated rings. The van der Waals surface area contributed by atoms with E-state index < -0.39 is 0 Å². The van der Waals surface area contributed by atoms with Crippen molar-refractivity contribution in [1.29, 1.82) is 0 Å². The van der Waals surface area contributed by atoms with Gasteiger partial charge < -0.3 is 9.47 Å². The smallest absolute Gasteiger partial charge is 0.116 e. The van der Waals surface area contributed by atoms with Gasteiger partial charge in [0.15, 0.2) is 0 Å². The van der Waals surface area contributed by atoms with Crippen LogP contribution in [-0.4, -0.2) is 19.3 Å². The predicted octanol–water partition coefficient (Wildman–Crippen LogP) is 3.77. The minimum atomic E-state index is -0.268. The fourth-order valence-corrected chi connectivity index (χ4v) is 1.96. The van der Waals surface area contributed by atoms with E-state index in [1.165, 1.54) is 5.57 Å². The second-order valence-corrected chi connectivity index (χ2v) is 6.35. The van der Waals surface area contributed by atoms with E-state index in [2.05, 4.69) is 53.4 Å². The van der Waals surface area contributed by atoms with Crippen molar-refractivity contribution in [2.24, 2.45) is 10.8 Å². The Morgan fingerprint density at radius 2 is 1.83 bits per heavy atom. The minimum absolute atomic E-state index is 0.0209. The molecular weight excluding hydrogens is 224 g/mol. The normalized spacial score (nSPS) is 21.4. The molecular formula is C16H26O2. The first-order valence-electron chi connectivity index (χ1n) is 6.58. The van der Waals surface area contributed by atoms with Gasteiger partial charge in [-0.15, -0.1) is 5.92 Å². The summed E-state index contributed by atoms with van der Waals surface area (Å²) < 4.78 is 11.2. The van der Waals surface area contributed by atoms with Crippen molar-refractivity contribution in [3.63, 3.8) is 0 Å². The lowest BCUT2D eigenvalue weighted by molar-refractivity contribution is 0.0841. The lowest BCUT2D eigenvalue weighted by Crippen LogP contribution is -2.35. The van der Waals surface area contributed by atoms with Crippen LogP contribution in [-0.2, 0) is 9.47 Å². The number of hydrogen-bond donors (Lipinski definition) is 0. The van der Waals surface area contributed by atoms with Crippen LogP contribution in [0.5, 0.6) is 0 Å². The molecule has 0 N–H and O–H groups in total. The third kappa shape index (κ3) is 3.29. The van der Waals surface area contributed by atoms with Gasteiger partial charge in [-0.3, -0.25) is 0 Å². The minimum Gasteiger partial charge on any atom is -0.494 e. The van der Waals surface area contributed by atoms with Gasteiger partial charge in [-0.25, -0.2) is 0 Å². The van der Waals surface area contributed by atoms with Crippen molar-refractivity contribution in [3.8, 4) is 11.8 Å². The van der Waals surface area contributed by atoms with Gasteiger partial charge in [0.05, 0.1) is 12.0 Å². The lowest BCUT2D eigenvalue weighted by atomic mass is 9.66. The molecule has 0 aromatic carbocycles. The van der Waals surface area contributed by atoms with E-state index in [0.717, 1.165) is 12.4 Å². The highest BCUT2D eigenvalue weighted by Crippen LogP contribution is 2.45. The maximum atomic E-state index is 6.02. The van der Waals surface area contributed by atoms with E-state index in [4.69, 9.17) is 9.47 Å². The summed E-state index contributed by atoms with van der Waals surface area (Å²) in [5.74, 6) is 7.41. The number of ether oxygens (including phenoxy) is 2. The zero-order chi connectivity index (χ0) is 14.0. The quantitative estimate of drug-likeness (QED) is 0.430. The van der Waals surface area contributed by atoms with E-state index in [9.17, 15) is 0 Å². The van der Waals surface area contributed by atoms with E-state index in [0.29, 0.717) is 6.61 Å². The molecule has 0 saturated carbocycles. The van der Waals surface area contributed by atoms with Gasteiger partial charge in [-0.2, -0.15) is 0 Å². The topological polar surface area (TPSA) is 21.8 Å². The van der Waals surface area contributed by atoms with Crippen molar-refractivity contribution < 1.29 is 9.47 Å². The second-order valence-electron chi connectivity index (χ2n) is 6.35. The highest BCUT2D eigenvalue weighted by atomic mass is 16.6. The van der Waals surface area contributed by atoms with Gasteiger partial charge in [0.2, 0.25) is 0 Å². The molecule has 1 aliphatic heterocycles. The van der Waals surface area contributed by atoms with Crippen LogP contribution in [0.3, 0.4) is 0 Å². The van der Waals surface area contributed by atoms with E-state index in [-0.39, 0.29) is 16.9 Å². The molecule has 2 nitrogen and oxygen atoms in total. The molecule has 0 bridgehead atoms. The second kappa shape index (κ2) is 5.36. The molecule has 1 rings (SSSR count). The summed E-state index contributed by atoms with van der Waals surface area (Å²) in [5.41, 5.74) is 0.943. The molecule has 102 valence electrons. The van der Waals surface area contributed by atoms with Crippen molar-refractivity contribution >= 4 is 0 Å². The SMILES string of the molecule is CC#CC(C)(C(OCC1CO1)=C(C)C)C(C)(C)C. The molecule has 0 aliphatic carbocycles. The van der Waals surface area contributed by atoms with Crippen LogP contribution in [0.4, 0.5) is 0 Å². The number of rotatable bonds is 4. The van der Waals surface area contributed by atoms with Crippen molar-refractivity contribution in [2.45, 2.75) is 54.6 Å². The molecule has 0 amide bonds. The number of allylic oxidation sites excluding steroid dienone is 2. The van der Waals surface area contributed by atoms with Crippen LogP contribution >= 0.6 is 0 Å².